The van der Waals surface area contributed by atoms with E-state index in [4.69, 9.17) is 0 Å². The maximum Gasteiger partial charge on any atom is 0.191 e. The summed E-state index contributed by atoms with van der Waals surface area (Å²) in [5.74, 6) is 1.79. The van der Waals surface area contributed by atoms with Crippen LogP contribution in [0.15, 0.2) is 33.0 Å². The summed E-state index contributed by atoms with van der Waals surface area (Å²) < 4.78 is 3.16. The summed E-state index contributed by atoms with van der Waals surface area (Å²) in [7, 11) is 0. The molecule has 1 aliphatic rings. The van der Waals surface area contributed by atoms with E-state index in [9.17, 15) is 0 Å². The van der Waals surface area contributed by atoms with Crippen molar-refractivity contribution < 1.29 is 0 Å². The highest BCUT2D eigenvalue weighted by molar-refractivity contribution is 14.1. The molecule has 1 aromatic carbocycles. The van der Waals surface area contributed by atoms with Crippen molar-refractivity contribution in [3.63, 3.8) is 0 Å². The molecular formula is C12H10IN3S. The minimum Gasteiger partial charge on any atom is -0.214 e. The molecule has 0 atom stereocenters. The van der Waals surface area contributed by atoms with Crippen molar-refractivity contribution in [2.24, 2.45) is 0 Å². The normalized spacial score (nSPS) is 14.4. The van der Waals surface area contributed by atoms with Crippen molar-refractivity contribution in [2.75, 3.05) is 5.75 Å². The minimum absolute atomic E-state index is 0.801. The number of aryl methyl sites for hydroxylation is 1. The fraction of sp³-hybridized carbons (Fsp3) is 0.167. The molecule has 0 unspecified atom stereocenters. The van der Waals surface area contributed by atoms with E-state index in [0.29, 0.717) is 0 Å². The summed E-state index contributed by atoms with van der Waals surface area (Å²) in [6.45, 7) is 2.08. The van der Waals surface area contributed by atoms with Crippen LogP contribution < -0.4 is 0 Å². The third-order valence-corrected chi connectivity index (χ3v) is 4.68. The fourth-order valence-electron chi connectivity index (χ4n) is 1.62. The quantitative estimate of drug-likeness (QED) is 0.733. The van der Waals surface area contributed by atoms with E-state index >= 15 is 0 Å². The molecule has 0 amide bonds. The van der Waals surface area contributed by atoms with E-state index in [0.717, 1.165) is 22.3 Å². The molecule has 2 aromatic rings. The summed E-state index contributed by atoms with van der Waals surface area (Å²) in [4.78, 5) is 4.55. The number of aromatic nitrogens is 3. The second kappa shape index (κ2) is 4.45. The molecule has 0 saturated carbocycles. The van der Waals surface area contributed by atoms with Crippen LogP contribution >= 0.6 is 34.4 Å². The van der Waals surface area contributed by atoms with Gasteiger partial charge in [0.1, 0.15) is 0 Å². The lowest BCUT2D eigenvalue weighted by Crippen LogP contribution is -1.99. The van der Waals surface area contributed by atoms with E-state index in [1.807, 2.05) is 10.9 Å². The first-order valence-electron chi connectivity index (χ1n) is 5.25. The van der Waals surface area contributed by atoms with Crippen molar-refractivity contribution >= 4 is 40.6 Å². The van der Waals surface area contributed by atoms with Crippen LogP contribution in [0, 0.1) is 6.92 Å². The highest BCUT2D eigenvalue weighted by Gasteiger charge is 2.15. The van der Waals surface area contributed by atoms with E-state index in [2.05, 4.69) is 63.9 Å². The monoisotopic (exact) mass is 355 g/mol. The van der Waals surface area contributed by atoms with E-state index in [-0.39, 0.29) is 0 Å². The van der Waals surface area contributed by atoms with Gasteiger partial charge in [0, 0.05) is 21.1 Å². The van der Waals surface area contributed by atoms with Gasteiger partial charge < -0.3 is 0 Å². The van der Waals surface area contributed by atoms with Gasteiger partial charge >= 0.3 is 0 Å². The summed E-state index contributed by atoms with van der Waals surface area (Å²) in [5, 5.41) is 5.48. The number of benzene rings is 1. The molecule has 0 aliphatic carbocycles. The van der Waals surface area contributed by atoms with Crippen LogP contribution in [-0.2, 0) is 0 Å². The number of rotatable bonds is 1. The van der Waals surface area contributed by atoms with Gasteiger partial charge in [-0.3, -0.25) is 0 Å². The van der Waals surface area contributed by atoms with E-state index in [1.165, 1.54) is 9.14 Å². The summed E-state index contributed by atoms with van der Waals surface area (Å²) in [5.41, 5.74) is 2.32. The lowest BCUT2D eigenvalue weighted by atomic mass is 10.1. The molecular weight excluding hydrogens is 345 g/mol. The zero-order valence-electron chi connectivity index (χ0n) is 9.22. The maximum absolute atomic E-state index is 4.55. The van der Waals surface area contributed by atoms with Gasteiger partial charge in [0.2, 0.25) is 0 Å². The molecule has 1 aliphatic heterocycles. The van der Waals surface area contributed by atoms with E-state index in [1.54, 1.807) is 11.8 Å². The average Bonchev–Trinajstić information content (AvgIpc) is 2.72. The Hall–Kier alpha value is -0.820. The first kappa shape index (κ1) is 11.3. The molecule has 0 radical (unpaired) electrons. The molecule has 2 heterocycles. The lowest BCUT2D eigenvalue weighted by molar-refractivity contribution is 0.826. The number of hydrogen-bond acceptors (Lipinski definition) is 3. The van der Waals surface area contributed by atoms with Gasteiger partial charge in [-0.05, 0) is 29.5 Å². The predicted molar refractivity (Wildman–Crippen MR) is 79.2 cm³/mol. The zero-order valence-corrected chi connectivity index (χ0v) is 12.2. The second-order valence-corrected chi connectivity index (χ2v) is 6.22. The van der Waals surface area contributed by atoms with Crippen LogP contribution in [0.4, 0.5) is 0 Å². The Morgan fingerprint density at radius 2 is 2.06 bits per heavy atom. The van der Waals surface area contributed by atoms with Gasteiger partial charge in [0.15, 0.2) is 11.0 Å². The van der Waals surface area contributed by atoms with Gasteiger partial charge in [-0.15, -0.1) is 5.10 Å². The second-order valence-electron chi connectivity index (χ2n) is 3.89. The molecule has 0 saturated heterocycles. The van der Waals surface area contributed by atoms with Crippen LogP contribution in [0.25, 0.3) is 17.6 Å². The number of fused-ring (bicyclic) bond motifs is 1. The summed E-state index contributed by atoms with van der Waals surface area (Å²) in [6.07, 6.45) is 2.04. The number of nitrogens with zero attached hydrogens (tertiary/aromatic N) is 3. The largest absolute Gasteiger partial charge is 0.214 e. The van der Waals surface area contributed by atoms with Gasteiger partial charge in [0.25, 0.3) is 0 Å². The summed E-state index contributed by atoms with van der Waals surface area (Å²) >= 11 is 4.06. The average molecular weight is 355 g/mol. The third kappa shape index (κ3) is 2.26. The third-order valence-electron chi connectivity index (χ3n) is 2.51. The highest BCUT2D eigenvalue weighted by Crippen LogP contribution is 2.29. The standard InChI is InChI=1S/C12H10IN3S/c1-8-2-4-9(5-3-8)11-14-12-16(15-11)6-10(13)7-17-12/h2-6H,7H2,1H3. The SMILES string of the molecule is Cc1ccc(-c2nc3n(n2)C=C(I)CS3)cc1. The number of halogens is 1. The van der Waals surface area contributed by atoms with Crippen molar-refractivity contribution in [1.29, 1.82) is 0 Å². The molecule has 0 N–H and O–H groups in total. The molecule has 0 bridgehead atoms. The lowest BCUT2D eigenvalue weighted by Gasteiger charge is -2.06. The smallest absolute Gasteiger partial charge is 0.191 e. The maximum atomic E-state index is 4.55. The van der Waals surface area contributed by atoms with Gasteiger partial charge in [-0.25, -0.2) is 9.67 Å². The first-order valence-corrected chi connectivity index (χ1v) is 7.31. The van der Waals surface area contributed by atoms with Crippen LogP contribution in [0.5, 0.6) is 0 Å². The number of hydrogen-bond donors (Lipinski definition) is 0. The van der Waals surface area contributed by atoms with Crippen LogP contribution in [0.2, 0.25) is 0 Å². The van der Waals surface area contributed by atoms with Crippen LogP contribution in [0.1, 0.15) is 5.56 Å². The Morgan fingerprint density at radius 1 is 1.29 bits per heavy atom. The van der Waals surface area contributed by atoms with Crippen molar-refractivity contribution in [3.8, 4) is 11.4 Å². The Balaban J connectivity index is 2.03. The zero-order chi connectivity index (χ0) is 11.8. The van der Waals surface area contributed by atoms with Crippen molar-refractivity contribution in [1.82, 2.24) is 14.8 Å². The first-order chi connectivity index (χ1) is 8.22. The highest BCUT2D eigenvalue weighted by atomic mass is 127. The summed E-state index contributed by atoms with van der Waals surface area (Å²) in [6, 6.07) is 8.30. The van der Waals surface area contributed by atoms with Crippen molar-refractivity contribution in [2.45, 2.75) is 12.1 Å². The molecule has 3 rings (SSSR count). The topological polar surface area (TPSA) is 30.7 Å². The van der Waals surface area contributed by atoms with Crippen LogP contribution in [-0.4, -0.2) is 20.5 Å². The molecule has 0 fully saturated rings. The van der Waals surface area contributed by atoms with Gasteiger partial charge in [-0.1, -0.05) is 41.6 Å². The van der Waals surface area contributed by atoms with Crippen molar-refractivity contribution in [3.05, 3.63) is 33.4 Å². The van der Waals surface area contributed by atoms with E-state index < -0.39 is 0 Å². The van der Waals surface area contributed by atoms with Gasteiger partial charge in [-0.2, -0.15) is 0 Å². The Bertz CT molecular complexity index is 586. The van der Waals surface area contributed by atoms with Crippen LogP contribution in [0.3, 0.4) is 0 Å². The molecule has 1 aromatic heterocycles. The molecule has 17 heavy (non-hydrogen) atoms. The Labute approximate surface area is 117 Å². The minimum atomic E-state index is 0.801. The Kier molecular flexibility index (Phi) is 2.96. The predicted octanol–water partition coefficient (Wildman–Crippen LogP) is 3.59. The Morgan fingerprint density at radius 3 is 2.82 bits per heavy atom. The fourth-order valence-corrected chi connectivity index (χ4v) is 3.07. The molecule has 5 heteroatoms. The number of thioether (sulfide) groups is 1. The van der Waals surface area contributed by atoms with Gasteiger partial charge in [0.05, 0.1) is 0 Å². The molecule has 86 valence electrons. The molecule has 3 nitrogen and oxygen atoms in total. The molecule has 0 spiro atoms.